The van der Waals surface area contributed by atoms with Crippen LogP contribution in [-0.2, 0) is 12.8 Å². The van der Waals surface area contributed by atoms with Crippen LogP contribution in [0.15, 0.2) is 28.8 Å². The van der Waals surface area contributed by atoms with Gasteiger partial charge in [0, 0.05) is 27.8 Å². The second kappa shape index (κ2) is 5.72. The number of benzene rings is 1. The van der Waals surface area contributed by atoms with Crippen LogP contribution in [0, 0.1) is 10.1 Å². The maximum atomic E-state index is 12.5. The molecule has 8 heteroatoms. The molecule has 3 aromatic rings. The topological polar surface area (TPSA) is 98.3 Å². The summed E-state index contributed by atoms with van der Waals surface area (Å²) in [6.07, 6.45) is 3.87. The highest BCUT2D eigenvalue weighted by Crippen LogP contribution is 2.31. The second-order valence-corrected chi connectivity index (χ2v) is 6.77. The smallest absolute Gasteiger partial charge is 0.270 e. The van der Waals surface area contributed by atoms with Crippen molar-refractivity contribution in [3.05, 3.63) is 50.5 Å². The van der Waals surface area contributed by atoms with E-state index in [-0.39, 0.29) is 11.6 Å². The van der Waals surface area contributed by atoms with E-state index in [9.17, 15) is 14.9 Å². The summed E-state index contributed by atoms with van der Waals surface area (Å²) >= 11 is 1.29. The van der Waals surface area contributed by atoms with Crippen LogP contribution in [0.25, 0.3) is 10.1 Å². The van der Waals surface area contributed by atoms with E-state index in [1.165, 1.54) is 23.5 Å². The zero-order chi connectivity index (χ0) is 16.7. The Morgan fingerprint density at radius 2 is 2.12 bits per heavy atom. The molecular weight excluding hydrogens is 330 g/mol. The van der Waals surface area contributed by atoms with Gasteiger partial charge in [-0.2, -0.15) is 0 Å². The van der Waals surface area contributed by atoms with Crippen molar-refractivity contribution in [2.75, 3.05) is 5.32 Å². The van der Waals surface area contributed by atoms with E-state index >= 15 is 0 Å². The molecule has 1 aliphatic carbocycles. The second-order valence-electron chi connectivity index (χ2n) is 5.69. The van der Waals surface area contributed by atoms with Gasteiger partial charge in [0.15, 0.2) is 0 Å². The highest BCUT2D eigenvalue weighted by atomic mass is 32.1. The summed E-state index contributed by atoms with van der Waals surface area (Å²) in [5, 5.41) is 18.3. The molecule has 0 fully saturated rings. The van der Waals surface area contributed by atoms with Gasteiger partial charge in [0.1, 0.15) is 0 Å². The molecule has 1 amide bonds. The van der Waals surface area contributed by atoms with E-state index in [1.807, 2.05) is 0 Å². The zero-order valence-electron chi connectivity index (χ0n) is 12.6. The van der Waals surface area contributed by atoms with E-state index < -0.39 is 4.92 Å². The third-order valence-electron chi connectivity index (χ3n) is 4.12. The average Bonchev–Trinajstić information content (AvgIpc) is 3.18. The molecule has 2 aromatic heterocycles. The predicted octanol–water partition coefficient (Wildman–Crippen LogP) is 3.93. The SMILES string of the molecule is O=C(Nc1onc2c1CCCC2)c1cc2cc([N+](=O)[O-])ccc2s1. The molecule has 0 bridgehead atoms. The fraction of sp³-hybridized carbons (Fsp3) is 0.250. The minimum absolute atomic E-state index is 0.0107. The Morgan fingerprint density at radius 1 is 1.29 bits per heavy atom. The predicted molar refractivity (Wildman–Crippen MR) is 89.6 cm³/mol. The van der Waals surface area contributed by atoms with Crippen molar-refractivity contribution >= 4 is 38.9 Å². The van der Waals surface area contributed by atoms with Gasteiger partial charge in [-0.3, -0.25) is 20.2 Å². The molecule has 0 spiro atoms. The average molecular weight is 343 g/mol. The van der Waals surface area contributed by atoms with Crippen LogP contribution in [0.3, 0.4) is 0 Å². The molecule has 1 aromatic carbocycles. The van der Waals surface area contributed by atoms with Crippen molar-refractivity contribution in [2.45, 2.75) is 25.7 Å². The Balaban J connectivity index is 1.61. The minimum Gasteiger partial charge on any atom is -0.338 e. The Hall–Kier alpha value is -2.74. The molecule has 1 N–H and O–H groups in total. The van der Waals surface area contributed by atoms with Crippen molar-refractivity contribution in [3.63, 3.8) is 0 Å². The number of nitro benzene ring substituents is 1. The van der Waals surface area contributed by atoms with Gasteiger partial charge in [0.25, 0.3) is 11.6 Å². The van der Waals surface area contributed by atoms with Gasteiger partial charge < -0.3 is 4.52 Å². The van der Waals surface area contributed by atoms with Gasteiger partial charge in [-0.25, -0.2) is 0 Å². The first-order valence-corrected chi connectivity index (χ1v) is 8.40. The van der Waals surface area contributed by atoms with Gasteiger partial charge in [-0.1, -0.05) is 5.16 Å². The first-order valence-electron chi connectivity index (χ1n) is 7.58. The van der Waals surface area contributed by atoms with Crippen LogP contribution >= 0.6 is 11.3 Å². The molecule has 1 aliphatic rings. The van der Waals surface area contributed by atoms with E-state index in [2.05, 4.69) is 10.5 Å². The summed E-state index contributed by atoms with van der Waals surface area (Å²) in [6, 6.07) is 6.22. The summed E-state index contributed by atoms with van der Waals surface area (Å²) in [7, 11) is 0. The third kappa shape index (κ3) is 2.54. The maximum Gasteiger partial charge on any atom is 0.270 e. The summed E-state index contributed by atoms with van der Waals surface area (Å²) in [5.74, 6) is 0.126. The molecule has 0 atom stereocenters. The number of anilines is 1. The van der Waals surface area contributed by atoms with Crippen LogP contribution < -0.4 is 5.32 Å². The number of hydrogen-bond donors (Lipinski definition) is 1. The molecule has 7 nitrogen and oxygen atoms in total. The summed E-state index contributed by atoms with van der Waals surface area (Å²) in [6.45, 7) is 0. The van der Waals surface area contributed by atoms with Crippen molar-refractivity contribution in [2.24, 2.45) is 0 Å². The van der Waals surface area contributed by atoms with E-state index in [0.29, 0.717) is 16.1 Å². The van der Waals surface area contributed by atoms with Crippen molar-refractivity contribution in [3.8, 4) is 0 Å². The van der Waals surface area contributed by atoms with Crippen LogP contribution in [-0.4, -0.2) is 16.0 Å². The Labute approximate surface area is 140 Å². The molecule has 0 saturated carbocycles. The molecular formula is C16H13N3O4S. The number of thiophene rings is 1. The summed E-state index contributed by atoms with van der Waals surface area (Å²) < 4.78 is 6.09. The Bertz CT molecular complexity index is 960. The van der Waals surface area contributed by atoms with Crippen LogP contribution in [0.4, 0.5) is 11.6 Å². The highest BCUT2D eigenvalue weighted by Gasteiger charge is 2.22. The Kier molecular flexibility index (Phi) is 3.53. The van der Waals surface area contributed by atoms with Crippen molar-refractivity contribution < 1.29 is 14.2 Å². The lowest BCUT2D eigenvalue weighted by Crippen LogP contribution is -2.12. The van der Waals surface area contributed by atoms with Gasteiger partial charge in [0.05, 0.1) is 15.5 Å². The maximum absolute atomic E-state index is 12.5. The third-order valence-corrected chi connectivity index (χ3v) is 5.24. The number of amides is 1. The lowest BCUT2D eigenvalue weighted by molar-refractivity contribution is -0.384. The van der Waals surface area contributed by atoms with Gasteiger partial charge >= 0.3 is 0 Å². The molecule has 4 rings (SSSR count). The Morgan fingerprint density at radius 3 is 2.96 bits per heavy atom. The number of aromatic nitrogens is 1. The molecule has 0 saturated heterocycles. The van der Waals surface area contributed by atoms with Crippen LogP contribution in [0.2, 0.25) is 0 Å². The monoisotopic (exact) mass is 343 g/mol. The fourth-order valence-electron chi connectivity index (χ4n) is 2.91. The largest absolute Gasteiger partial charge is 0.338 e. The number of aryl methyl sites for hydroxylation is 1. The summed E-state index contributed by atoms with van der Waals surface area (Å²) in [4.78, 5) is 23.3. The van der Waals surface area contributed by atoms with Gasteiger partial charge in [-0.15, -0.1) is 11.3 Å². The lowest BCUT2D eigenvalue weighted by Gasteiger charge is -2.09. The first kappa shape index (κ1) is 14.8. The zero-order valence-corrected chi connectivity index (χ0v) is 13.4. The molecule has 122 valence electrons. The molecule has 24 heavy (non-hydrogen) atoms. The lowest BCUT2D eigenvalue weighted by atomic mass is 9.98. The van der Waals surface area contributed by atoms with Gasteiger partial charge in [0.2, 0.25) is 5.88 Å². The molecule has 0 aliphatic heterocycles. The number of non-ortho nitro benzene ring substituents is 1. The van der Waals surface area contributed by atoms with E-state index in [4.69, 9.17) is 4.52 Å². The van der Waals surface area contributed by atoms with Crippen LogP contribution in [0.5, 0.6) is 0 Å². The molecule has 0 unspecified atom stereocenters. The van der Waals surface area contributed by atoms with Crippen molar-refractivity contribution in [1.82, 2.24) is 5.16 Å². The van der Waals surface area contributed by atoms with Crippen LogP contribution in [0.1, 0.15) is 33.8 Å². The highest BCUT2D eigenvalue weighted by molar-refractivity contribution is 7.20. The van der Waals surface area contributed by atoms with Crippen molar-refractivity contribution in [1.29, 1.82) is 0 Å². The standard InChI is InChI=1S/C16H13N3O4S/c20-15(17-16-11-3-1-2-4-12(11)18-23-16)14-8-9-7-10(19(21)22)5-6-13(9)24-14/h5-8H,1-4H2,(H,17,20). The normalized spacial score (nSPS) is 13.7. The fourth-order valence-corrected chi connectivity index (χ4v) is 3.85. The number of nitrogens with zero attached hydrogens (tertiary/aromatic N) is 2. The molecule has 2 heterocycles. The number of hydrogen-bond acceptors (Lipinski definition) is 6. The number of rotatable bonds is 3. The number of nitro groups is 1. The minimum atomic E-state index is -0.447. The molecule has 0 radical (unpaired) electrons. The number of nitrogens with one attached hydrogen (secondary N) is 1. The quantitative estimate of drug-likeness (QED) is 0.574. The number of carbonyl (C=O) groups is 1. The van der Waals surface area contributed by atoms with E-state index in [1.54, 1.807) is 12.1 Å². The van der Waals surface area contributed by atoms with Gasteiger partial charge in [-0.05, 0) is 37.8 Å². The first-order chi connectivity index (χ1) is 11.6. The summed E-state index contributed by atoms with van der Waals surface area (Å²) in [5.41, 5.74) is 1.91. The number of carbonyl (C=O) groups excluding carboxylic acids is 1. The number of fused-ring (bicyclic) bond motifs is 2. The van der Waals surface area contributed by atoms with E-state index in [0.717, 1.165) is 41.6 Å².